The van der Waals surface area contributed by atoms with Crippen LogP contribution in [0.2, 0.25) is 0 Å². The second-order valence-electron chi connectivity index (χ2n) is 8.82. The molecule has 0 saturated carbocycles. The van der Waals surface area contributed by atoms with Gasteiger partial charge in [-0.15, -0.1) is 0 Å². The highest BCUT2D eigenvalue weighted by Gasteiger charge is 2.22. The third-order valence-corrected chi connectivity index (χ3v) is 6.64. The van der Waals surface area contributed by atoms with E-state index in [0.717, 1.165) is 38.0 Å². The van der Waals surface area contributed by atoms with Crippen LogP contribution < -0.4 is 12.4 Å². The van der Waals surface area contributed by atoms with Crippen molar-refractivity contribution < 1.29 is 17.0 Å². The molecule has 0 bridgehead atoms. The number of hydrogen-bond acceptors (Lipinski definition) is 1. The number of benzene rings is 2. The van der Waals surface area contributed by atoms with Crippen LogP contribution in [0.1, 0.15) is 55.6 Å². The lowest BCUT2D eigenvalue weighted by Gasteiger charge is -2.31. The van der Waals surface area contributed by atoms with Crippen molar-refractivity contribution in [1.82, 2.24) is 4.90 Å². The van der Waals surface area contributed by atoms with Gasteiger partial charge in [-0.1, -0.05) is 66.7 Å². The van der Waals surface area contributed by atoms with Crippen LogP contribution in [-0.2, 0) is 0 Å². The Labute approximate surface area is 194 Å². The van der Waals surface area contributed by atoms with Crippen molar-refractivity contribution in [1.29, 1.82) is 0 Å². The maximum atomic E-state index is 2.49. The summed E-state index contributed by atoms with van der Waals surface area (Å²) >= 11 is 0. The number of likely N-dealkylation sites (tertiary alicyclic amines) is 1. The Morgan fingerprint density at radius 1 is 0.806 bits per heavy atom. The van der Waals surface area contributed by atoms with Crippen molar-refractivity contribution in [2.75, 3.05) is 26.2 Å². The van der Waals surface area contributed by atoms with E-state index in [1.165, 1.54) is 42.4 Å². The largest absolute Gasteiger partial charge is 1.00 e. The first-order valence-corrected chi connectivity index (χ1v) is 11.6. The molecule has 2 fully saturated rings. The third kappa shape index (κ3) is 6.83. The molecule has 0 aromatic heterocycles. The molecule has 0 spiro atoms. The molecule has 2 aliphatic heterocycles. The summed E-state index contributed by atoms with van der Waals surface area (Å²) in [5, 5.41) is 0. The number of piperidine rings is 2. The quantitative estimate of drug-likeness (QED) is 0.518. The van der Waals surface area contributed by atoms with Gasteiger partial charge < -0.3 is 17.3 Å². The minimum Gasteiger partial charge on any atom is -1.00 e. The van der Waals surface area contributed by atoms with E-state index in [1.807, 2.05) is 0 Å². The van der Waals surface area contributed by atoms with Gasteiger partial charge in [0.15, 0.2) is 6.21 Å². The van der Waals surface area contributed by atoms with Crippen molar-refractivity contribution in [3.8, 4) is 0 Å². The van der Waals surface area contributed by atoms with Crippen molar-refractivity contribution in [2.45, 2.75) is 44.4 Å². The molecule has 2 saturated heterocycles. The molecule has 164 valence electrons. The predicted octanol–water partition coefficient (Wildman–Crippen LogP) is 2.99. The van der Waals surface area contributed by atoms with Gasteiger partial charge in [0.25, 0.3) is 0 Å². The standard InChI is InChI=1S/C28H35N2.ClH/c1-24(23-30-21-16-28(17-22-30)26-12-6-3-7-13-26)9-8-18-29-19-14-27(15-20-29)25-10-4-2-5-11-25;/h2-13,18,23,27-28H,14-17,19-22H2,1H3;1H/q+1;/p-1. The zero-order chi connectivity index (χ0) is 20.6. The summed E-state index contributed by atoms with van der Waals surface area (Å²) in [5.41, 5.74) is 4.34. The van der Waals surface area contributed by atoms with Gasteiger partial charge in [-0.3, -0.25) is 0 Å². The van der Waals surface area contributed by atoms with E-state index in [-0.39, 0.29) is 12.4 Å². The topological polar surface area (TPSA) is 6.25 Å². The van der Waals surface area contributed by atoms with Gasteiger partial charge in [-0.05, 0) is 55.0 Å². The Hall–Kier alpha value is -2.32. The summed E-state index contributed by atoms with van der Waals surface area (Å²) < 4.78 is 2.49. The van der Waals surface area contributed by atoms with Gasteiger partial charge in [-0.2, -0.15) is 0 Å². The molecule has 0 atom stereocenters. The minimum atomic E-state index is 0. The first-order valence-electron chi connectivity index (χ1n) is 11.6. The lowest BCUT2D eigenvalue weighted by molar-refractivity contribution is -0.534. The highest BCUT2D eigenvalue weighted by atomic mass is 35.5. The number of nitrogens with zero attached hydrogens (tertiary/aromatic N) is 2. The summed E-state index contributed by atoms with van der Waals surface area (Å²) in [7, 11) is 0. The van der Waals surface area contributed by atoms with Crippen molar-refractivity contribution in [3.63, 3.8) is 0 Å². The zero-order valence-electron chi connectivity index (χ0n) is 18.7. The molecule has 4 rings (SSSR count). The second-order valence-corrected chi connectivity index (χ2v) is 8.82. The van der Waals surface area contributed by atoms with E-state index in [9.17, 15) is 0 Å². The van der Waals surface area contributed by atoms with E-state index >= 15 is 0 Å². The molecule has 2 aliphatic rings. The molecular formula is C28H35ClN2. The lowest BCUT2D eigenvalue weighted by atomic mass is 9.90. The first-order chi connectivity index (χ1) is 14.8. The molecule has 0 aliphatic carbocycles. The lowest BCUT2D eigenvalue weighted by Crippen LogP contribution is -3.00. The highest BCUT2D eigenvalue weighted by Crippen LogP contribution is 2.28. The molecule has 2 nitrogen and oxygen atoms in total. The SMILES string of the molecule is C/C(C=[N+]1CCC(c2ccccc2)CC1)=C\C=C\N1CCC(c2ccccc2)CC1.[Cl-]. The van der Waals surface area contributed by atoms with Gasteiger partial charge in [0.1, 0.15) is 13.1 Å². The van der Waals surface area contributed by atoms with Crippen LogP contribution in [-0.4, -0.2) is 41.9 Å². The van der Waals surface area contributed by atoms with Crippen molar-refractivity contribution >= 4 is 6.21 Å². The van der Waals surface area contributed by atoms with Crippen molar-refractivity contribution in [3.05, 3.63) is 95.7 Å². The van der Waals surface area contributed by atoms with Crippen LogP contribution in [0, 0.1) is 0 Å². The zero-order valence-corrected chi connectivity index (χ0v) is 19.4. The van der Waals surface area contributed by atoms with E-state index in [4.69, 9.17) is 0 Å². The molecule has 2 aromatic carbocycles. The minimum absolute atomic E-state index is 0. The van der Waals surface area contributed by atoms with Gasteiger partial charge >= 0.3 is 0 Å². The van der Waals surface area contributed by atoms with Gasteiger partial charge in [0.2, 0.25) is 0 Å². The highest BCUT2D eigenvalue weighted by molar-refractivity contribution is 5.73. The summed E-state index contributed by atoms with van der Waals surface area (Å²) in [6, 6.07) is 22.0. The molecule has 31 heavy (non-hydrogen) atoms. The molecule has 3 heteroatoms. The smallest absolute Gasteiger partial charge is 0.166 e. The van der Waals surface area contributed by atoms with Crippen LogP contribution in [0.15, 0.2) is 84.6 Å². The second kappa shape index (κ2) is 11.9. The fraction of sp³-hybridized carbons (Fsp3) is 0.393. The molecule has 0 N–H and O–H groups in total. The summed E-state index contributed by atoms with van der Waals surface area (Å²) in [5.74, 6) is 1.44. The van der Waals surface area contributed by atoms with Crippen LogP contribution in [0.3, 0.4) is 0 Å². The Balaban J connectivity index is 0.00000272. The fourth-order valence-electron chi connectivity index (χ4n) is 4.84. The van der Waals surface area contributed by atoms with Crippen LogP contribution in [0.5, 0.6) is 0 Å². The molecule has 0 amide bonds. The average Bonchev–Trinajstić information content (AvgIpc) is 2.81. The van der Waals surface area contributed by atoms with Gasteiger partial charge in [0, 0.05) is 31.5 Å². The Kier molecular flexibility index (Phi) is 8.97. The summed E-state index contributed by atoms with van der Waals surface area (Å²) in [6.45, 7) is 6.83. The summed E-state index contributed by atoms with van der Waals surface area (Å²) in [6.07, 6.45) is 14.1. The Bertz CT molecular complexity index is 868. The first kappa shape index (κ1) is 23.3. The Morgan fingerprint density at radius 3 is 1.87 bits per heavy atom. The van der Waals surface area contributed by atoms with E-state index in [1.54, 1.807) is 0 Å². The van der Waals surface area contributed by atoms with Crippen LogP contribution in [0.4, 0.5) is 0 Å². The number of rotatable bonds is 5. The predicted molar refractivity (Wildman–Crippen MR) is 127 cm³/mol. The van der Waals surface area contributed by atoms with Crippen LogP contribution in [0.25, 0.3) is 0 Å². The monoisotopic (exact) mass is 434 g/mol. The molecular weight excluding hydrogens is 400 g/mol. The normalized spacial score (nSPS) is 20.5. The van der Waals surface area contributed by atoms with Crippen molar-refractivity contribution in [2.24, 2.45) is 0 Å². The molecule has 0 radical (unpaired) electrons. The number of halogens is 1. The van der Waals surface area contributed by atoms with E-state index in [0.29, 0.717) is 0 Å². The van der Waals surface area contributed by atoms with Crippen LogP contribution >= 0.6 is 0 Å². The third-order valence-electron chi connectivity index (χ3n) is 6.64. The number of allylic oxidation sites excluding steroid dienone is 3. The maximum absolute atomic E-state index is 2.49. The molecule has 2 heterocycles. The van der Waals surface area contributed by atoms with Gasteiger partial charge in [-0.25, -0.2) is 4.58 Å². The molecule has 0 unspecified atom stereocenters. The average molecular weight is 435 g/mol. The fourth-order valence-corrected chi connectivity index (χ4v) is 4.84. The molecule has 2 aromatic rings. The maximum Gasteiger partial charge on any atom is 0.166 e. The Morgan fingerprint density at radius 2 is 1.32 bits per heavy atom. The van der Waals surface area contributed by atoms with E-state index in [2.05, 4.69) is 102 Å². The number of hydrogen-bond donors (Lipinski definition) is 0. The van der Waals surface area contributed by atoms with Gasteiger partial charge in [0.05, 0.1) is 0 Å². The summed E-state index contributed by atoms with van der Waals surface area (Å²) in [4.78, 5) is 2.47. The van der Waals surface area contributed by atoms with E-state index < -0.39 is 0 Å².